The van der Waals surface area contributed by atoms with Crippen LogP contribution in [0.15, 0.2) is 86.0 Å². The van der Waals surface area contributed by atoms with Crippen molar-refractivity contribution in [2.75, 3.05) is 6.26 Å². The van der Waals surface area contributed by atoms with Gasteiger partial charge in [0.25, 0.3) is 5.56 Å². The number of fused-ring (bicyclic) bond motifs is 1. The topological polar surface area (TPSA) is 109 Å². The van der Waals surface area contributed by atoms with E-state index in [2.05, 4.69) is 20.1 Å². The van der Waals surface area contributed by atoms with Crippen LogP contribution in [0.25, 0.3) is 22.6 Å². The van der Waals surface area contributed by atoms with Gasteiger partial charge in [0.05, 0.1) is 6.54 Å². The van der Waals surface area contributed by atoms with E-state index < -0.39 is 11.2 Å². The van der Waals surface area contributed by atoms with Crippen molar-refractivity contribution >= 4 is 22.9 Å². The molecule has 0 radical (unpaired) electrons. The molecule has 0 aliphatic carbocycles. The van der Waals surface area contributed by atoms with Gasteiger partial charge in [-0.05, 0) is 36.1 Å². The molecular formula is C23H18N6O3S. The van der Waals surface area contributed by atoms with E-state index in [1.165, 1.54) is 17.0 Å². The van der Waals surface area contributed by atoms with Crippen LogP contribution in [0.1, 0.15) is 11.5 Å². The highest BCUT2D eigenvalue weighted by atomic mass is 32.2. The molecule has 33 heavy (non-hydrogen) atoms. The van der Waals surface area contributed by atoms with Gasteiger partial charge in [0.1, 0.15) is 6.54 Å². The van der Waals surface area contributed by atoms with Crippen molar-refractivity contribution in [1.29, 1.82) is 0 Å². The molecule has 3 heterocycles. The minimum absolute atomic E-state index is 0.0427. The third-order valence-corrected chi connectivity index (χ3v) is 5.88. The molecule has 0 N–H and O–H groups in total. The quantitative estimate of drug-likeness (QED) is 0.358. The predicted molar refractivity (Wildman–Crippen MR) is 124 cm³/mol. The Bertz CT molecular complexity index is 1540. The van der Waals surface area contributed by atoms with Crippen molar-refractivity contribution in [3.8, 4) is 11.4 Å². The number of hydrogen-bond donors (Lipinski definition) is 0. The van der Waals surface area contributed by atoms with Crippen LogP contribution in [0.4, 0.5) is 0 Å². The zero-order chi connectivity index (χ0) is 22.8. The van der Waals surface area contributed by atoms with E-state index in [0.717, 1.165) is 20.6 Å². The standard InChI is InChI=1S/C23H18N6O3S/c1-33-17-9-7-16(8-10-17)20-26-18(32-27-20)14-28-21-19(24-11-12-25-21)22(30)29(23(28)31)13-15-5-3-2-4-6-15/h2-12H,13-14H2,1H3. The normalized spacial score (nSPS) is 11.2. The lowest BCUT2D eigenvalue weighted by Gasteiger charge is -2.11. The summed E-state index contributed by atoms with van der Waals surface area (Å²) in [7, 11) is 0. The third kappa shape index (κ3) is 4.08. The van der Waals surface area contributed by atoms with Gasteiger partial charge >= 0.3 is 5.69 Å². The number of rotatable bonds is 6. The van der Waals surface area contributed by atoms with Gasteiger partial charge in [0.2, 0.25) is 11.7 Å². The second-order valence-corrected chi connectivity index (χ2v) is 8.09. The molecule has 0 saturated carbocycles. The highest BCUT2D eigenvalue weighted by Gasteiger charge is 2.18. The van der Waals surface area contributed by atoms with Crippen molar-refractivity contribution in [1.82, 2.24) is 29.2 Å². The van der Waals surface area contributed by atoms with Crippen LogP contribution in [0, 0.1) is 0 Å². The Labute approximate surface area is 191 Å². The van der Waals surface area contributed by atoms with E-state index in [1.54, 1.807) is 11.8 Å². The molecule has 0 aliphatic rings. The van der Waals surface area contributed by atoms with Crippen LogP contribution < -0.4 is 11.2 Å². The van der Waals surface area contributed by atoms with Crippen molar-refractivity contribution in [2.45, 2.75) is 18.0 Å². The molecule has 5 aromatic rings. The summed E-state index contributed by atoms with van der Waals surface area (Å²) in [6.45, 7) is 0.0703. The summed E-state index contributed by atoms with van der Waals surface area (Å²) in [5.74, 6) is 0.636. The Morgan fingerprint density at radius 3 is 2.42 bits per heavy atom. The van der Waals surface area contributed by atoms with Gasteiger partial charge < -0.3 is 4.52 Å². The smallest absolute Gasteiger partial charge is 0.333 e. The molecule has 0 atom stereocenters. The molecule has 0 spiro atoms. The monoisotopic (exact) mass is 458 g/mol. The Balaban J connectivity index is 1.56. The third-order valence-electron chi connectivity index (χ3n) is 5.14. The van der Waals surface area contributed by atoms with Gasteiger partial charge in [0.15, 0.2) is 11.2 Å². The Kier molecular flexibility index (Phi) is 5.57. The summed E-state index contributed by atoms with van der Waals surface area (Å²) in [4.78, 5) is 40.3. The minimum atomic E-state index is -0.527. The number of hydrogen-bond acceptors (Lipinski definition) is 8. The number of benzene rings is 2. The van der Waals surface area contributed by atoms with Crippen molar-refractivity contribution in [2.24, 2.45) is 0 Å². The van der Waals surface area contributed by atoms with Gasteiger partial charge in [-0.1, -0.05) is 35.5 Å². The highest BCUT2D eigenvalue weighted by Crippen LogP contribution is 2.21. The lowest BCUT2D eigenvalue weighted by molar-refractivity contribution is 0.369. The van der Waals surface area contributed by atoms with Crippen LogP contribution in [-0.4, -0.2) is 35.5 Å². The van der Waals surface area contributed by atoms with Gasteiger partial charge in [-0.25, -0.2) is 14.8 Å². The fraction of sp³-hybridized carbons (Fsp3) is 0.130. The lowest BCUT2D eigenvalue weighted by atomic mass is 10.2. The van der Waals surface area contributed by atoms with Crippen LogP contribution in [0.5, 0.6) is 0 Å². The second kappa shape index (κ2) is 8.83. The summed E-state index contributed by atoms with van der Waals surface area (Å²) >= 11 is 1.64. The van der Waals surface area contributed by atoms with E-state index >= 15 is 0 Å². The van der Waals surface area contributed by atoms with E-state index in [9.17, 15) is 9.59 Å². The predicted octanol–water partition coefficient (Wildman–Crippen LogP) is 2.82. The first-order chi connectivity index (χ1) is 16.1. The van der Waals surface area contributed by atoms with E-state index in [0.29, 0.717) is 5.82 Å². The Morgan fingerprint density at radius 2 is 1.67 bits per heavy atom. The summed E-state index contributed by atoms with van der Waals surface area (Å²) < 4.78 is 7.89. The van der Waals surface area contributed by atoms with Crippen LogP contribution >= 0.6 is 11.8 Å². The van der Waals surface area contributed by atoms with Gasteiger partial charge in [-0.2, -0.15) is 4.98 Å². The fourth-order valence-corrected chi connectivity index (χ4v) is 3.90. The molecule has 0 aliphatic heterocycles. The molecule has 10 heteroatoms. The van der Waals surface area contributed by atoms with Crippen LogP contribution in [0.3, 0.4) is 0 Å². The van der Waals surface area contributed by atoms with Gasteiger partial charge in [0, 0.05) is 22.9 Å². The summed E-state index contributed by atoms with van der Waals surface area (Å²) in [6.07, 6.45) is 4.86. The summed E-state index contributed by atoms with van der Waals surface area (Å²) in [6, 6.07) is 17.1. The zero-order valence-electron chi connectivity index (χ0n) is 17.6. The highest BCUT2D eigenvalue weighted by molar-refractivity contribution is 7.98. The molecule has 0 unspecified atom stereocenters. The van der Waals surface area contributed by atoms with E-state index in [1.807, 2.05) is 60.9 Å². The lowest BCUT2D eigenvalue weighted by Crippen LogP contribution is -2.41. The maximum Gasteiger partial charge on any atom is 0.333 e. The first-order valence-corrected chi connectivity index (χ1v) is 11.3. The van der Waals surface area contributed by atoms with E-state index in [4.69, 9.17) is 4.52 Å². The van der Waals surface area contributed by atoms with Crippen molar-refractivity contribution in [3.63, 3.8) is 0 Å². The van der Waals surface area contributed by atoms with Crippen molar-refractivity contribution < 1.29 is 4.52 Å². The van der Waals surface area contributed by atoms with Gasteiger partial charge in [-0.3, -0.25) is 13.9 Å². The fourth-order valence-electron chi connectivity index (χ4n) is 3.49. The molecule has 5 rings (SSSR count). The maximum absolute atomic E-state index is 13.3. The molecule has 0 saturated heterocycles. The largest absolute Gasteiger partial charge is 0.337 e. The molecule has 0 fully saturated rings. The molecule has 3 aromatic heterocycles. The Hall–Kier alpha value is -4.05. The SMILES string of the molecule is CSc1ccc(-c2noc(Cn3c(=O)n(Cc4ccccc4)c(=O)c4nccnc43)n2)cc1. The van der Waals surface area contributed by atoms with Crippen LogP contribution in [-0.2, 0) is 13.1 Å². The molecule has 2 aromatic carbocycles. The minimum Gasteiger partial charge on any atom is -0.337 e. The first-order valence-electron chi connectivity index (χ1n) is 10.1. The molecule has 0 amide bonds. The van der Waals surface area contributed by atoms with Crippen molar-refractivity contribution in [3.05, 3.63) is 99.3 Å². The first kappa shape index (κ1) is 20.8. The molecule has 0 bridgehead atoms. The number of nitrogens with zero attached hydrogens (tertiary/aromatic N) is 6. The number of thioether (sulfide) groups is 1. The molecule has 164 valence electrons. The molecular weight excluding hydrogens is 440 g/mol. The average molecular weight is 459 g/mol. The zero-order valence-corrected chi connectivity index (χ0v) is 18.4. The van der Waals surface area contributed by atoms with E-state index in [-0.39, 0.29) is 30.1 Å². The summed E-state index contributed by atoms with van der Waals surface area (Å²) in [5, 5.41) is 4.04. The van der Waals surface area contributed by atoms with Gasteiger partial charge in [-0.15, -0.1) is 11.8 Å². The second-order valence-electron chi connectivity index (χ2n) is 7.21. The summed E-state index contributed by atoms with van der Waals surface area (Å²) in [5.41, 5.74) is 0.861. The average Bonchev–Trinajstić information content (AvgIpc) is 3.34. The maximum atomic E-state index is 13.3. The van der Waals surface area contributed by atoms with Crippen LogP contribution in [0.2, 0.25) is 0 Å². The molecule has 9 nitrogen and oxygen atoms in total. The Morgan fingerprint density at radius 1 is 0.909 bits per heavy atom. The number of aromatic nitrogens is 6.